The number of aldehydes is 1. The van der Waals surface area contributed by atoms with E-state index in [1.54, 1.807) is 12.1 Å². The summed E-state index contributed by atoms with van der Waals surface area (Å²) in [5.41, 5.74) is 0.507. The van der Waals surface area contributed by atoms with Crippen LogP contribution in [0.5, 0.6) is 0 Å². The van der Waals surface area contributed by atoms with Gasteiger partial charge in [-0.1, -0.05) is 0 Å². The molecule has 0 radical (unpaired) electrons. The zero-order valence-electron chi connectivity index (χ0n) is 8.11. The summed E-state index contributed by atoms with van der Waals surface area (Å²) in [7, 11) is 0. The minimum Gasteiger partial charge on any atom is -0.453 e. The maximum Gasteiger partial charge on any atom is 0.185 e. The Morgan fingerprint density at radius 1 is 1.31 bits per heavy atom. The molecule has 0 saturated heterocycles. The quantitative estimate of drug-likeness (QED) is 0.723. The molecular formula is C12H6FNO2. The molecule has 0 saturated carbocycles. The van der Waals surface area contributed by atoms with Gasteiger partial charge in [0.05, 0.1) is 5.56 Å². The topological polar surface area (TPSA) is 54.0 Å². The Balaban J connectivity index is 2.48. The molecule has 0 atom stereocenters. The molecule has 0 aliphatic rings. The van der Waals surface area contributed by atoms with Gasteiger partial charge in [0, 0.05) is 5.56 Å². The number of carbonyl (C=O) groups excluding carboxylic acids is 1. The first-order valence-electron chi connectivity index (χ1n) is 4.49. The van der Waals surface area contributed by atoms with Crippen LogP contribution in [0.1, 0.15) is 16.1 Å². The van der Waals surface area contributed by atoms with Gasteiger partial charge in [-0.05, 0) is 30.3 Å². The number of furan rings is 1. The van der Waals surface area contributed by atoms with Crippen LogP contribution in [0.2, 0.25) is 0 Å². The fourth-order valence-electron chi connectivity index (χ4n) is 1.34. The van der Waals surface area contributed by atoms with Gasteiger partial charge in [-0.2, -0.15) is 5.26 Å². The number of rotatable bonds is 2. The molecule has 1 aromatic heterocycles. The van der Waals surface area contributed by atoms with Gasteiger partial charge in [-0.15, -0.1) is 0 Å². The van der Waals surface area contributed by atoms with E-state index in [1.807, 2.05) is 0 Å². The molecule has 0 aliphatic heterocycles. The Kier molecular flexibility index (Phi) is 2.52. The van der Waals surface area contributed by atoms with E-state index in [9.17, 15) is 9.18 Å². The molecule has 1 heterocycles. The fraction of sp³-hybridized carbons (Fsp3) is 0. The van der Waals surface area contributed by atoms with Crippen molar-refractivity contribution in [2.45, 2.75) is 0 Å². The number of benzene rings is 1. The van der Waals surface area contributed by atoms with Crippen molar-refractivity contribution in [3.63, 3.8) is 0 Å². The molecule has 0 fully saturated rings. The molecule has 0 N–H and O–H groups in total. The van der Waals surface area contributed by atoms with Gasteiger partial charge < -0.3 is 4.42 Å². The van der Waals surface area contributed by atoms with Gasteiger partial charge in [0.15, 0.2) is 12.0 Å². The van der Waals surface area contributed by atoms with Crippen LogP contribution in [0.25, 0.3) is 11.3 Å². The second-order valence-electron chi connectivity index (χ2n) is 3.13. The van der Waals surface area contributed by atoms with E-state index < -0.39 is 5.82 Å². The van der Waals surface area contributed by atoms with Crippen molar-refractivity contribution in [2.24, 2.45) is 0 Å². The molecular weight excluding hydrogens is 209 g/mol. The zero-order chi connectivity index (χ0) is 11.5. The largest absolute Gasteiger partial charge is 0.453 e. The Labute approximate surface area is 90.7 Å². The molecule has 78 valence electrons. The predicted octanol–water partition coefficient (Wildman–Crippen LogP) is 2.77. The van der Waals surface area contributed by atoms with Gasteiger partial charge in [0.2, 0.25) is 0 Å². The summed E-state index contributed by atoms with van der Waals surface area (Å²) in [6.45, 7) is 0. The lowest BCUT2D eigenvalue weighted by atomic mass is 10.1. The molecule has 3 nitrogen and oxygen atoms in total. The maximum atomic E-state index is 13.0. The van der Waals surface area contributed by atoms with Crippen LogP contribution in [-0.4, -0.2) is 6.29 Å². The molecule has 0 spiro atoms. The highest BCUT2D eigenvalue weighted by Crippen LogP contribution is 2.23. The summed E-state index contributed by atoms with van der Waals surface area (Å²) >= 11 is 0. The number of halogens is 1. The van der Waals surface area contributed by atoms with Gasteiger partial charge in [-0.25, -0.2) is 4.39 Å². The highest BCUT2D eigenvalue weighted by atomic mass is 19.1. The Bertz CT molecular complexity index is 581. The smallest absolute Gasteiger partial charge is 0.185 e. The predicted molar refractivity (Wildman–Crippen MR) is 54.2 cm³/mol. The number of nitriles is 1. The van der Waals surface area contributed by atoms with Gasteiger partial charge in [0.25, 0.3) is 0 Å². The van der Waals surface area contributed by atoms with Crippen LogP contribution >= 0.6 is 0 Å². The molecule has 0 unspecified atom stereocenters. The summed E-state index contributed by atoms with van der Waals surface area (Å²) in [6.07, 6.45) is 0.582. The highest BCUT2D eigenvalue weighted by Gasteiger charge is 2.07. The van der Waals surface area contributed by atoms with E-state index in [0.29, 0.717) is 17.6 Å². The summed E-state index contributed by atoms with van der Waals surface area (Å²) in [5, 5.41) is 8.66. The first kappa shape index (κ1) is 10.1. The lowest BCUT2D eigenvalue weighted by Crippen LogP contribution is -1.84. The zero-order valence-corrected chi connectivity index (χ0v) is 8.11. The second-order valence-corrected chi connectivity index (χ2v) is 3.13. The minimum atomic E-state index is -0.576. The van der Waals surface area contributed by atoms with Crippen molar-refractivity contribution in [3.8, 4) is 17.4 Å². The normalized spacial score (nSPS) is 9.75. The SMILES string of the molecule is N#Cc1cc(-c2ccc(C=O)o2)ccc1F. The van der Waals surface area contributed by atoms with Gasteiger partial charge in [0.1, 0.15) is 17.6 Å². The molecule has 1 aromatic carbocycles. The van der Waals surface area contributed by atoms with Crippen molar-refractivity contribution >= 4 is 6.29 Å². The van der Waals surface area contributed by atoms with Gasteiger partial charge in [-0.3, -0.25) is 4.79 Å². The maximum absolute atomic E-state index is 13.0. The molecule has 16 heavy (non-hydrogen) atoms. The van der Waals surface area contributed by atoms with E-state index in [-0.39, 0.29) is 11.3 Å². The van der Waals surface area contributed by atoms with E-state index in [0.717, 1.165) is 0 Å². The van der Waals surface area contributed by atoms with Crippen molar-refractivity contribution in [3.05, 3.63) is 47.5 Å². The van der Waals surface area contributed by atoms with Crippen LogP contribution in [0, 0.1) is 17.1 Å². The third-order valence-corrected chi connectivity index (χ3v) is 2.11. The summed E-state index contributed by atoms with van der Waals surface area (Å²) < 4.78 is 18.2. The van der Waals surface area contributed by atoms with E-state index >= 15 is 0 Å². The van der Waals surface area contributed by atoms with E-state index in [2.05, 4.69) is 0 Å². The Morgan fingerprint density at radius 2 is 2.12 bits per heavy atom. The third kappa shape index (κ3) is 1.71. The summed E-state index contributed by atoms with van der Waals surface area (Å²) in [5.74, 6) is 0.0462. The Hall–Kier alpha value is -2.41. The number of carbonyl (C=O) groups is 1. The van der Waals surface area contributed by atoms with Crippen molar-refractivity contribution in [2.75, 3.05) is 0 Å². The van der Waals surface area contributed by atoms with Crippen LogP contribution in [0.4, 0.5) is 4.39 Å². The average molecular weight is 215 g/mol. The van der Waals surface area contributed by atoms with Crippen LogP contribution in [0.15, 0.2) is 34.7 Å². The molecule has 2 aromatic rings. The average Bonchev–Trinajstić information content (AvgIpc) is 2.78. The van der Waals surface area contributed by atoms with Crippen LogP contribution < -0.4 is 0 Å². The number of hydrogen-bond acceptors (Lipinski definition) is 3. The number of nitrogens with zero attached hydrogens (tertiary/aromatic N) is 1. The van der Waals surface area contributed by atoms with E-state index in [4.69, 9.17) is 9.68 Å². The fourth-order valence-corrected chi connectivity index (χ4v) is 1.34. The molecule has 0 amide bonds. The first-order valence-corrected chi connectivity index (χ1v) is 4.49. The highest BCUT2D eigenvalue weighted by molar-refractivity contribution is 5.73. The second kappa shape index (κ2) is 3.99. The Morgan fingerprint density at radius 3 is 2.75 bits per heavy atom. The third-order valence-electron chi connectivity index (χ3n) is 2.11. The summed E-state index contributed by atoms with van der Waals surface area (Å²) in [6, 6.07) is 8.91. The monoisotopic (exact) mass is 215 g/mol. The molecule has 0 aliphatic carbocycles. The van der Waals surface area contributed by atoms with Crippen molar-refractivity contribution in [1.82, 2.24) is 0 Å². The lowest BCUT2D eigenvalue weighted by Gasteiger charge is -1.98. The molecule has 0 bridgehead atoms. The molecule has 2 rings (SSSR count). The van der Waals surface area contributed by atoms with Gasteiger partial charge >= 0.3 is 0 Å². The standard InChI is InChI=1S/C12H6FNO2/c13-11-3-1-8(5-9(11)6-14)12-4-2-10(7-15)16-12/h1-5,7H. The number of hydrogen-bond donors (Lipinski definition) is 0. The lowest BCUT2D eigenvalue weighted by molar-refractivity contribution is 0.110. The van der Waals surface area contributed by atoms with Crippen molar-refractivity contribution < 1.29 is 13.6 Å². The van der Waals surface area contributed by atoms with Crippen molar-refractivity contribution in [1.29, 1.82) is 5.26 Å². The minimum absolute atomic E-state index is 0.0541. The van der Waals surface area contributed by atoms with Crippen LogP contribution in [-0.2, 0) is 0 Å². The van der Waals surface area contributed by atoms with E-state index in [1.165, 1.54) is 24.3 Å². The summed E-state index contributed by atoms with van der Waals surface area (Å²) in [4.78, 5) is 10.4. The van der Waals surface area contributed by atoms with Crippen LogP contribution in [0.3, 0.4) is 0 Å². The first-order chi connectivity index (χ1) is 7.74. The molecule has 4 heteroatoms.